The number of hydrogen-bond donors (Lipinski definition) is 1. The third-order valence-electron chi connectivity index (χ3n) is 4.56. The van der Waals surface area contributed by atoms with E-state index in [1.165, 1.54) is 12.1 Å². The van der Waals surface area contributed by atoms with Crippen LogP contribution in [0, 0.1) is 0 Å². The van der Waals surface area contributed by atoms with Gasteiger partial charge in [-0.1, -0.05) is 26.3 Å². The lowest BCUT2D eigenvalue weighted by molar-refractivity contribution is -0.141. The molecule has 1 N–H and O–H groups in total. The fourth-order valence-electron chi connectivity index (χ4n) is 3.10. The quantitative estimate of drug-likeness (QED) is 0.622. The van der Waals surface area contributed by atoms with E-state index in [1.807, 2.05) is 6.20 Å². The van der Waals surface area contributed by atoms with E-state index in [0.717, 1.165) is 36.7 Å². The molecule has 3 rings (SSSR count). The number of aromatic nitrogens is 3. The van der Waals surface area contributed by atoms with Gasteiger partial charge in [0.15, 0.2) is 0 Å². The van der Waals surface area contributed by atoms with Gasteiger partial charge in [0.25, 0.3) is 5.91 Å². The van der Waals surface area contributed by atoms with Crippen LogP contribution in [0.2, 0.25) is 0 Å². The molecule has 0 aromatic carbocycles. The van der Waals surface area contributed by atoms with Gasteiger partial charge in [0.05, 0.1) is 11.3 Å². The van der Waals surface area contributed by atoms with Crippen LogP contribution in [0.3, 0.4) is 0 Å². The highest BCUT2D eigenvalue weighted by Gasteiger charge is 2.32. The van der Waals surface area contributed by atoms with Gasteiger partial charge in [0.2, 0.25) is 0 Å². The van der Waals surface area contributed by atoms with E-state index in [4.69, 9.17) is 0 Å². The second-order valence-electron chi connectivity index (χ2n) is 6.60. The van der Waals surface area contributed by atoms with Crippen molar-refractivity contribution in [1.82, 2.24) is 14.4 Å². The molecule has 0 aliphatic carbocycles. The Morgan fingerprint density at radius 2 is 1.93 bits per heavy atom. The Morgan fingerprint density at radius 1 is 1.14 bits per heavy atom. The Kier molecular flexibility index (Phi) is 5.67. The summed E-state index contributed by atoms with van der Waals surface area (Å²) in [4.78, 5) is 20.5. The van der Waals surface area contributed by atoms with Gasteiger partial charge in [0, 0.05) is 18.3 Å². The normalized spacial score (nSPS) is 12.9. The number of nitrogens with zero attached hydrogens (tertiary/aromatic N) is 3. The number of amides is 1. The van der Waals surface area contributed by atoms with Crippen molar-refractivity contribution in [2.24, 2.45) is 0 Å². The van der Waals surface area contributed by atoms with Gasteiger partial charge >= 0.3 is 6.18 Å². The fraction of sp³-hybridized carbons (Fsp3) is 0.350. The lowest BCUT2D eigenvalue weighted by Gasteiger charge is -2.09. The van der Waals surface area contributed by atoms with Crippen molar-refractivity contribution >= 4 is 17.4 Å². The molecule has 5 nitrogen and oxygen atoms in total. The second-order valence-corrected chi connectivity index (χ2v) is 6.60. The van der Waals surface area contributed by atoms with Gasteiger partial charge in [-0.2, -0.15) is 13.2 Å². The van der Waals surface area contributed by atoms with Crippen LogP contribution in [0.1, 0.15) is 60.8 Å². The minimum absolute atomic E-state index is 0.153. The summed E-state index contributed by atoms with van der Waals surface area (Å²) in [6.07, 6.45) is 2.03. The van der Waals surface area contributed by atoms with Crippen LogP contribution < -0.4 is 5.32 Å². The topological polar surface area (TPSA) is 59.3 Å². The van der Waals surface area contributed by atoms with Crippen LogP contribution in [0.5, 0.6) is 0 Å². The van der Waals surface area contributed by atoms with Crippen molar-refractivity contribution in [2.75, 3.05) is 5.32 Å². The summed E-state index contributed by atoms with van der Waals surface area (Å²) in [5, 5.41) is 2.41. The van der Waals surface area contributed by atoms with Crippen LogP contribution >= 0.6 is 0 Å². The Labute approximate surface area is 160 Å². The molecule has 3 aromatic rings. The second kappa shape index (κ2) is 8.00. The standard InChI is InChI=1S/C20H21F3N4O/c1-3-6-13(4-2)15-12-27-11-14(9-10-18(27)24-15)19(28)26-17-8-5-7-16(25-17)20(21,22)23/h5,7-13H,3-4,6H2,1-2H3,(H,25,26,28). The number of nitrogens with one attached hydrogen (secondary N) is 1. The number of rotatable bonds is 6. The van der Waals surface area contributed by atoms with E-state index in [1.54, 1.807) is 22.7 Å². The molecule has 0 spiro atoms. The zero-order valence-corrected chi connectivity index (χ0v) is 15.6. The Morgan fingerprint density at radius 3 is 2.61 bits per heavy atom. The summed E-state index contributed by atoms with van der Waals surface area (Å²) < 4.78 is 40.1. The smallest absolute Gasteiger partial charge is 0.307 e. The molecule has 8 heteroatoms. The van der Waals surface area contributed by atoms with E-state index >= 15 is 0 Å². The molecule has 3 heterocycles. The predicted molar refractivity (Wildman–Crippen MR) is 100 cm³/mol. The van der Waals surface area contributed by atoms with Crippen LogP contribution in [0.25, 0.3) is 5.65 Å². The summed E-state index contributed by atoms with van der Waals surface area (Å²) in [6.45, 7) is 4.24. The van der Waals surface area contributed by atoms with E-state index in [2.05, 4.69) is 29.1 Å². The van der Waals surface area contributed by atoms with E-state index in [0.29, 0.717) is 11.5 Å². The fourth-order valence-corrected chi connectivity index (χ4v) is 3.10. The molecule has 1 unspecified atom stereocenters. The van der Waals surface area contributed by atoms with Gasteiger partial charge in [-0.05, 0) is 37.1 Å². The maximum Gasteiger partial charge on any atom is 0.433 e. The summed E-state index contributed by atoms with van der Waals surface area (Å²) in [7, 11) is 0. The molecule has 3 aromatic heterocycles. The third-order valence-corrected chi connectivity index (χ3v) is 4.56. The lowest BCUT2D eigenvalue weighted by atomic mass is 9.98. The highest BCUT2D eigenvalue weighted by Crippen LogP contribution is 2.28. The molecule has 1 amide bonds. The molecule has 28 heavy (non-hydrogen) atoms. The highest BCUT2D eigenvalue weighted by molar-refractivity contribution is 6.03. The van der Waals surface area contributed by atoms with Crippen molar-refractivity contribution in [2.45, 2.75) is 45.2 Å². The minimum atomic E-state index is -4.57. The number of carbonyl (C=O) groups is 1. The number of pyridine rings is 2. The summed E-state index contributed by atoms with van der Waals surface area (Å²) >= 11 is 0. The first-order valence-corrected chi connectivity index (χ1v) is 9.16. The Bertz CT molecular complexity index is 981. The van der Waals surface area contributed by atoms with Crippen LogP contribution in [0.15, 0.2) is 42.7 Å². The lowest BCUT2D eigenvalue weighted by Crippen LogP contribution is -2.15. The van der Waals surface area contributed by atoms with Gasteiger partial charge in [-0.15, -0.1) is 0 Å². The monoisotopic (exact) mass is 390 g/mol. The number of anilines is 1. The molecule has 0 bridgehead atoms. The number of carbonyl (C=O) groups excluding carboxylic acids is 1. The molecule has 148 valence electrons. The number of imidazole rings is 1. The SMILES string of the molecule is CCCC(CC)c1cn2cc(C(=O)Nc3cccc(C(F)(F)F)n3)ccc2n1. The zero-order chi connectivity index (χ0) is 20.3. The van der Waals surface area contributed by atoms with Crippen LogP contribution in [0.4, 0.5) is 19.0 Å². The maximum atomic E-state index is 12.8. The van der Waals surface area contributed by atoms with Gasteiger partial charge < -0.3 is 9.72 Å². The first kappa shape index (κ1) is 19.9. The minimum Gasteiger partial charge on any atom is -0.307 e. The van der Waals surface area contributed by atoms with Crippen molar-refractivity contribution in [3.8, 4) is 0 Å². The van der Waals surface area contributed by atoms with E-state index < -0.39 is 17.8 Å². The molecule has 0 saturated carbocycles. The summed E-state index contributed by atoms with van der Waals surface area (Å²) in [6, 6.07) is 6.69. The molecule has 0 saturated heterocycles. The average molecular weight is 390 g/mol. The molecule has 0 aliphatic heterocycles. The Hall–Kier alpha value is -2.90. The number of hydrogen-bond acceptors (Lipinski definition) is 3. The molecule has 0 fully saturated rings. The molecule has 0 aliphatic rings. The van der Waals surface area contributed by atoms with Gasteiger partial charge in [-0.3, -0.25) is 4.79 Å². The highest BCUT2D eigenvalue weighted by atomic mass is 19.4. The predicted octanol–water partition coefficient (Wildman–Crippen LogP) is 5.29. The zero-order valence-electron chi connectivity index (χ0n) is 15.6. The van der Waals surface area contributed by atoms with Crippen molar-refractivity contribution < 1.29 is 18.0 Å². The third kappa shape index (κ3) is 4.32. The average Bonchev–Trinajstić information content (AvgIpc) is 3.08. The first-order valence-electron chi connectivity index (χ1n) is 9.16. The van der Waals surface area contributed by atoms with Crippen molar-refractivity contribution in [3.63, 3.8) is 0 Å². The van der Waals surface area contributed by atoms with Gasteiger partial charge in [-0.25, -0.2) is 9.97 Å². The summed E-state index contributed by atoms with van der Waals surface area (Å²) in [5.74, 6) is -0.332. The number of alkyl halides is 3. The van der Waals surface area contributed by atoms with Gasteiger partial charge in [0.1, 0.15) is 17.2 Å². The largest absolute Gasteiger partial charge is 0.433 e. The first-order chi connectivity index (χ1) is 13.3. The van der Waals surface area contributed by atoms with Crippen LogP contribution in [-0.4, -0.2) is 20.3 Å². The number of fused-ring (bicyclic) bond motifs is 1. The van der Waals surface area contributed by atoms with Crippen molar-refractivity contribution in [3.05, 3.63) is 59.7 Å². The Balaban J connectivity index is 1.82. The van der Waals surface area contributed by atoms with Crippen molar-refractivity contribution in [1.29, 1.82) is 0 Å². The van der Waals surface area contributed by atoms with E-state index in [-0.39, 0.29) is 5.82 Å². The number of halogens is 3. The van der Waals surface area contributed by atoms with E-state index in [9.17, 15) is 18.0 Å². The summed E-state index contributed by atoms with van der Waals surface area (Å²) in [5.41, 5.74) is 0.945. The molecular weight excluding hydrogens is 369 g/mol. The molecular formula is C20H21F3N4O. The molecule has 1 atom stereocenters. The molecule has 0 radical (unpaired) electrons. The van der Waals surface area contributed by atoms with Crippen LogP contribution in [-0.2, 0) is 6.18 Å². The maximum absolute atomic E-state index is 12.8.